The van der Waals surface area contributed by atoms with Gasteiger partial charge in [-0.25, -0.2) is 22.0 Å². The Bertz CT molecular complexity index is 1460. The van der Waals surface area contributed by atoms with Crippen LogP contribution in [-0.4, -0.2) is 44.8 Å². The number of nitrogens with one attached hydrogen (secondary N) is 3. The first-order valence-electron chi connectivity index (χ1n) is 12.9. The summed E-state index contributed by atoms with van der Waals surface area (Å²) in [6.45, 7) is 10.0. The molecule has 1 aromatic heterocycles. The predicted octanol–water partition coefficient (Wildman–Crippen LogP) is 7.17. The Morgan fingerprint density at radius 3 is 2.41 bits per heavy atom. The highest BCUT2D eigenvalue weighted by Crippen LogP contribution is 2.38. The largest absolute Gasteiger partial charge is 0.497 e. The number of hydrogen-bond acceptors (Lipinski definition) is 6. The minimum absolute atomic E-state index is 0. The monoisotopic (exact) mass is 571 g/mol. The molecular weight excluding hydrogens is 528 g/mol. The summed E-state index contributed by atoms with van der Waals surface area (Å²) >= 11 is 0. The number of alkyl halides is 1. The lowest BCUT2D eigenvalue weighted by Gasteiger charge is -2.27. The maximum absolute atomic E-state index is 15.3. The van der Waals surface area contributed by atoms with Crippen molar-refractivity contribution in [1.29, 1.82) is 0 Å². The number of rotatable bonds is 7. The zero-order valence-corrected chi connectivity index (χ0v) is 24.2. The molecule has 0 spiro atoms. The van der Waals surface area contributed by atoms with Crippen molar-refractivity contribution in [2.45, 2.75) is 65.7 Å². The molecule has 3 aromatic rings. The Labute approximate surface area is 232 Å². The average Bonchev–Trinajstić information content (AvgIpc) is 3.36. The number of benzene rings is 2. The number of urea groups is 1. The van der Waals surface area contributed by atoms with Crippen molar-refractivity contribution in [2.75, 3.05) is 29.2 Å². The molecule has 1 aliphatic heterocycles. The molecule has 2 atom stereocenters. The van der Waals surface area contributed by atoms with E-state index < -0.39 is 33.4 Å². The summed E-state index contributed by atoms with van der Waals surface area (Å²) in [6.07, 6.45) is 0.482. The molecule has 0 radical (unpaired) electrons. The third-order valence-corrected chi connectivity index (χ3v) is 8.22. The Morgan fingerprint density at radius 2 is 1.82 bits per heavy atom. The second-order valence-corrected chi connectivity index (χ2v) is 12.2. The van der Waals surface area contributed by atoms with E-state index >= 15 is 4.39 Å². The molecule has 3 N–H and O–H groups in total. The number of anilines is 2. The lowest BCUT2D eigenvalue weighted by atomic mass is 9.95. The van der Waals surface area contributed by atoms with Gasteiger partial charge in [-0.3, -0.25) is 0 Å². The fourth-order valence-electron chi connectivity index (χ4n) is 4.60. The lowest BCUT2D eigenvalue weighted by Crippen LogP contribution is -2.41. The van der Waals surface area contributed by atoms with Crippen LogP contribution in [0.3, 0.4) is 0 Å². The van der Waals surface area contributed by atoms with E-state index in [4.69, 9.17) is 9.15 Å². The van der Waals surface area contributed by atoms with Crippen LogP contribution in [0.2, 0.25) is 0 Å². The molecule has 4 rings (SSSR count). The van der Waals surface area contributed by atoms with E-state index in [-0.39, 0.29) is 27.6 Å². The summed E-state index contributed by atoms with van der Waals surface area (Å²) < 4.78 is 64.2. The number of carbonyl (C=O) groups excluding carboxylic acids is 1. The van der Waals surface area contributed by atoms with Crippen molar-refractivity contribution in [1.82, 2.24) is 5.32 Å². The van der Waals surface area contributed by atoms with Crippen molar-refractivity contribution in [3.05, 3.63) is 53.0 Å². The van der Waals surface area contributed by atoms with Crippen LogP contribution >= 0.6 is 0 Å². The number of carbonyl (C=O) groups is 1. The summed E-state index contributed by atoms with van der Waals surface area (Å²) in [5.41, 5.74) is 0.545. The smallest absolute Gasteiger partial charge is 0.319 e. The highest BCUT2D eigenvalue weighted by Gasteiger charge is 2.37. The van der Waals surface area contributed by atoms with Gasteiger partial charge in [0.2, 0.25) is 0 Å². The highest BCUT2D eigenvalue weighted by molar-refractivity contribution is 7.91. The van der Waals surface area contributed by atoms with Crippen molar-refractivity contribution in [2.24, 2.45) is 0 Å². The van der Waals surface area contributed by atoms with Crippen molar-refractivity contribution in [3.63, 3.8) is 0 Å². The van der Waals surface area contributed by atoms with Gasteiger partial charge in [0.25, 0.3) is 0 Å². The Morgan fingerprint density at radius 1 is 1.15 bits per heavy atom. The van der Waals surface area contributed by atoms with E-state index in [1.807, 2.05) is 13.8 Å². The summed E-state index contributed by atoms with van der Waals surface area (Å²) in [7, 11) is -1.60. The summed E-state index contributed by atoms with van der Waals surface area (Å²) in [5.74, 6) is 0.354. The first-order valence-corrected chi connectivity index (χ1v) is 14.7. The van der Waals surface area contributed by atoms with Crippen LogP contribution in [0.4, 0.5) is 25.0 Å². The van der Waals surface area contributed by atoms with Crippen LogP contribution in [0.25, 0.3) is 11.0 Å². The zero-order chi connectivity index (χ0) is 29.1. The van der Waals surface area contributed by atoms with E-state index in [1.54, 1.807) is 32.0 Å². The van der Waals surface area contributed by atoms with Crippen LogP contribution in [0.1, 0.15) is 61.3 Å². The molecule has 2 heterocycles. The number of halogens is 2. The summed E-state index contributed by atoms with van der Waals surface area (Å²) in [6, 6.07) is 5.47. The van der Waals surface area contributed by atoms with Crippen molar-refractivity contribution < 1.29 is 35.4 Å². The van der Waals surface area contributed by atoms with Crippen LogP contribution in [0, 0.1) is 19.7 Å². The normalized spacial score (nSPS) is 17.2. The molecule has 0 bridgehead atoms. The van der Waals surface area contributed by atoms with Gasteiger partial charge in [-0.05, 0) is 57.9 Å². The van der Waals surface area contributed by atoms with Gasteiger partial charge < -0.3 is 25.1 Å². The Balaban J connectivity index is 0.00000329. The molecule has 8 nitrogen and oxygen atoms in total. The van der Waals surface area contributed by atoms with E-state index in [9.17, 15) is 17.6 Å². The van der Waals surface area contributed by atoms with Crippen LogP contribution in [0.5, 0.6) is 5.75 Å². The molecule has 1 saturated heterocycles. The number of ether oxygens (including phenoxy) is 1. The van der Waals surface area contributed by atoms with Gasteiger partial charge in [-0.15, -0.1) is 0 Å². The molecule has 1 aliphatic rings. The molecule has 11 heteroatoms. The summed E-state index contributed by atoms with van der Waals surface area (Å²) in [4.78, 5) is 13.0. The maximum Gasteiger partial charge on any atom is 0.319 e. The Hall–Kier alpha value is -3.34. The third-order valence-electron chi connectivity index (χ3n) is 6.45. The van der Waals surface area contributed by atoms with Gasteiger partial charge in [0.05, 0.1) is 18.6 Å². The molecule has 0 saturated carbocycles. The number of furan rings is 1. The standard InChI is InChI=1S/C26H31F2N3O5S.C2H6.3H2/c1-14-8-16(27)9-21-15(2)23(36-22(14)21)24(26(3,4)28)31-25(32)30-19-10-18(11-20(12-19)35-5)29-17-6-7-37(33,34)13-17;1-2;;;/h8-12,17,24,29H,6-7,13H2,1-5H3,(H2,30,31,32);1-2H3;3*1H/t17-,24?;;;;/m1..../s1. The van der Waals surface area contributed by atoms with E-state index in [0.717, 1.165) is 0 Å². The topological polar surface area (TPSA) is 110 Å². The third kappa shape index (κ3) is 7.20. The number of hydrogen-bond donors (Lipinski definition) is 3. The second kappa shape index (κ2) is 11.8. The van der Waals surface area contributed by atoms with Crippen LogP contribution in [0.15, 0.2) is 34.7 Å². The van der Waals surface area contributed by atoms with Gasteiger partial charge >= 0.3 is 6.03 Å². The predicted molar refractivity (Wildman–Crippen MR) is 157 cm³/mol. The molecule has 1 fully saturated rings. The van der Waals surface area contributed by atoms with Gasteiger partial charge in [-0.1, -0.05) is 13.8 Å². The molecular formula is C28H43F2N3O5S. The quantitative estimate of drug-likeness (QED) is 0.277. The lowest BCUT2D eigenvalue weighted by molar-refractivity contribution is 0.139. The summed E-state index contributed by atoms with van der Waals surface area (Å²) in [5, 5.41) is 9.02. The average molecular weight is 572 g/mol. The Kier molecular flexibility index (Phi) is 9.15. The minimum Gasteiger partial charge on any atom is -0.497 e. The number of aryl methyl sites for hydroxylation is 2. The molecule has 1 unspecified atom stereocenters. The number of amides is 2. The fourth-order valence-corrected chi connectivity index (χ4v) is 6.28. The van der Waals surface area contributed by atoms with Crippen LogP contribution in [-0.2, 0) is 9.84 Å². The van der Waals surface area contributed by atoms with Crippen molar-refractivity contribution in [3.8, 4) is 5.75 Å². The SMILES string of the molecule is CC.COc1cc(NC(=O)NC(c2oc3c(C)cc(F)cc3c2C)C(C)(C)F)cc(N[C@@H]2CCS(=O)(=O)C2)c1.[HH].[HH].[HH]. The highest BCUT2D eigenvalue weighted by atomic mass is 32.2. The van der Waals surface area contributed by atoms with E-state index in [1.165, 1.54) is 33.1 Å². The minimum atomic E-state index is -3.07. The van der Waals surface area contributed by atoms with Crippen LogP contribution < -0.4 is 20.7 Å². The maximum atomic E-state index is 15.3. The number of methoxy groups -OCH3 is 1. The van der Waals surface area contributed by atoms with Gasteiger partial charge in [-0.2, -0.15) is 0 Å². The van der Waals surface area contributed by atoms with E-state index in [2.05, 4.69) is 16.0 Å². The molecule has 2 aromatic carbocycles. The van der Waals surface area contributed by atoms with Gasteiger partial charge in [0.1, 0.15) is 34.6 Å². The van der Waals surface area contributed by atoms with Crippen molar-refractivity contribution >= 4 is 38.2 Å². The first kappa shape index (κ1) is 30.2. The molecule has 220 valence electrons. The van der Waals surface area contributed by atoms with Gasteiger partial charge in [0, 0.05) is 44.8 Å². The number of fused-ring (bicyclic) bond motifs is 1. The molecule has 0 aliphatic carbocycles. The zero-order valence-electron chi connectivity index (χ0n) is 23.4. The second-order valence-electron chi connectivity index (χ2n) is 9.98. The van der Waals surface area contributed by atoms with Gasteiger partial charge in [0.15, 0.2) is 9.84 Å². The number of sulfone groups is 1. The first-order chi connectivity index (χ1) is 18.3. The fraction of sp³-hybridized carbons (Fsp3) is 0.464. The molecule has 39 heavy (non-hydrogen) atoms. The molecule has 2 amide bonds. The van der Waals surface area contributed by atoms with E-state index in [0.29, 0.717) is 45.6 Å².